The molecule has 8 heteroatoms. The minimum absolute atomic E-state index is 0.0198. The number of thioether (sulfide) groups is 1. The zero-order valence-corrected chi connectivity index (χ0v) is 18.7. The molecule has 0 aromatic heterocycles. The molecule has 3 aromatic carbocycles. The summed E-state index contributed by atoms with van der Waals surface area (Å²) < 4.78 is 50.7. The Kier molecular flexibility index (Phi) is 6.83. The van der Waals surface area contributed by atoms with E-state index in [1.54, 1.807) is 29.8 Å². The van der Waals surface area contributed by atoms with Crippen LogP contribution in [-0.4, -0.2) is 30.2 Å². The van der Waals surface area contributed by atoms with Gasteiger partial charge in [-0.1, -0.05) is 42.5 Å². The first-order valence-corrected chi connectivity index (χ1v) is 11.4. The first-order valence-electron chi connectivity index (χ1n) is 10.3. The van der Waals surface area contributed by atoms with Crippen LogP contribution in [0.5, 0.6) is 11.5 Å². The maximum absolute atomic E-state index is 13.1. The van der Waals surface area contributed by atoms with Crippen LogP contribution in [0.25, 0.3) is 0 Å². The molecule has 172 valence electrons. The van der Waals surface area contributed by atoms with Crippen LogP contribution < -0.4 is 9.47 Å². The summed E-state index contributed by atoms with van der Waals surface area (Å²) in [5.74, 6) is 1.35. The maximum Gasteiger partial charge on any atom is 0.416 e. The van der Waals surface area contributed by atoms with Crippen LogP contribution in [0.1, 0.15) is 32.4 Å². The van der Waals surface area contributed by atoms with E-state index in [1.165, 1.54) is 12.1 Å². The molecule has 4 nitrogen and oxygen atoms in total. The normalized spacial score (nSPS) is 16.0. The summed E-state index contributed by atoms with van der Waals surface area (Å²) in [6, 6.07) is 19.7. The largest absolute Gasteiger partial charge is 0.493 e. The fourth-order valence-electron chi connectivity index (χ4n) is 3.64. The minimum Gasteiger partial charge on any atom is -0.493 e. The lowest BCUT2D eigenvalue weighted by Gasteiger charge is -2.25. The third-order valence-corrected chi connectivity index (χ3v) is 6.56. The number of carbonyl (C=O) groups excluding carboxylic acids is 1. The van der Waals surface area contributed by atoms with E-state index in [0.717, 1.165) is 23.3 Å². The van der Waals surface area contributed by atoms with Gasteiger partial charge in [-0.2, -0.15) is 13.2 Å². The second kappa shape index (κ2) is 9.79. The van der Waals surface area contributed by atoms with E-state index in [0.29, 0.717) is 30.4 Å². The Morgan fingerprint density at radius 3 is 2.55 bits per heavy atom. The highest BCUT2D eigenvalue weighted by molar-refractivity contribution is 7.99. The number of amides is 1. The molecule has 0 aliphatic carbocycles. The van der Waals surface area contributed by atoms with Crippen molar-refractivity contribution in [2.24, 2.45) is 0 Å². The molecule has 4 rings (SSSR count). The van der Waals surface area contributed by atoms with Crippen LogP contribution in [-0.2, 0) is 12.8 Å². The number of carbonyl (C=O) groups is 1. The molecule has 1 heterocycles. The van der Waals surface area contributed by atoms with E-state index in [-0.39, 0.29) is 10.9 Å². The number of nitrogens with zero attached hydrogens (tertiary/aromatic N) is 1. The van der Waals surface area contributed by atoms with Crippen LogP contribution in [0.4, 0.5) is 13.2 Å². The summed E-state index contributed by atoms with van der Waals surface area (Å²) in [6.07, 6.45) is -4.50. The molecule has 0 N–H and O–H groups in total. The third kappa shape index (κ3) is 5.27. The second-order valence-corrected chi connectivity index (χ2v) is 8.67. The Labute approximate surface area is 194 Å². The number of hydrogen-bond donors (Lipinski definition) is 0. The molecule has 1 unspecified atom stereocenters. The highest BCUT2D eigenvalue weighted by Gasteiger charge is 2.34. The predicted molar refractivity (Wildman–Crippen MR) is 121 cm³/mol. The van der Waals surface area contributed by atoms with Crippen molar-refractivity contribution >= 4 is 17.7 Å². The van der Waals surface area contributed by atoms with E-state index < -0.39 is 17.6 Å². The van der Waals surface area contributed by atoms with Gasteiger partial charge in [-0.3, -0.25) is 4.79 Å². The van der Waals surface area contributed by atoms with Crippen molar-refractivity contribution in [1.82, 2.24) is 4.90 Å². The van der Waals surface area contributed by atoms with Crippen molar-refractivity contribution < 1.29 is 27.4 Å². The topological polar surface area (TPSA) is 38.8 Å². The highest BCUT2D eigenvalue weighted by Crippen LogP contribution is 2.42. The van der Waals surface area contributed by atoms with E-state index in [4.69, 9.17) is 9.47 Å². The lowest BCUT2D eigenvalue weighted by Crippen LogP contribution is -2.30. The number of hydrogen-bond acceptors (Lipinski definition) is 4. The molecule has 1 fully saturated rings. The smallest absolute Gasteiger partial charge is 0.416 e. The van der Waals surface area contributed by atoms with Crippen molar-refractivity contribution in [3.8, 4) is 11.5 Å². The SMILES string of the molecule is COc1ccc(C2SCCN2C(=O)c2cccc(C(F)(F)F)c2)cc1OCc1ccccc1. The highest BCUT2D eigenvalue weighted by atomic mass is 32.2. The Hall–Kier alpha value is -3.13. The van der Waals surface area contributed by atoms with E-state index >= 15 is 0 Å². The van der Waals surface area contributed by atoms with E-state index in [1.807, 2.05) is 42.5 Å². The summed E-state index contributed by atoms with van der Waals surface area (Å²) in [7, 11) is 1.55. The van der Waals surface area contributed by atoms with Gasteiger partial charge in [0.15, 0.2) is 11.5 Å². The monoisotopic (exact) mass is 473 g/mol. The Balaban J connectivity index is 1.57. The average molecular weight is 474 g/mol. The van der Waals surface area contributed by atoms with Gasteiger partial charge in [-0.15, -0.1) is 11.8 Å². The van der Waals surface area contributed by atoms with Crippen LogP contribution in [0.3, 0.4) is 0 Å². The summed E-state index contributed by atoms with van der Waals surface area (Å²) in [5, 5.41) is -0.336. The lowest BCUT2D eigenvalue weighted by molar-refractivity contribution is -0.137. The first kappa shape index (κ1) is 23.0. The molecule has 1 atom stereocenters. The summed E-state index contributed by atoms with van der Waals surface area (Å²) in [5.41, 5.74) is 1.01. The summed E-state index contributed by atoms with van der Waals surface area (Å²) in [6.45, 7) is 0.794. The zero-order chi connectivity index (χ0) is 23.4. The van der Waals surface area contributed by atoms with E-state index in [2.05, 4.69) is 0 Å². The predicted octanol–water partition coefficient (Wildman–Crippen LogP) is 6.18. The van der Waals surface area contributed by atoms with Crippen molar-refractivity contribution in [2.75, 3.05) is 19.4 Å². The standard InChI is InChI=1S/C25H22F3NO3S/c1-31-21-11-10-19(15-22(21)32-16-17-6-3-2-4-7-17)24-29(12-13-33-24)23(30)18-8-5-9-20(14-18)25(26,27)28/h2-11,14-15,24H,12-13,16H2,1H3. The lowest BCUT2D eigenvalue weighted by atomic mass is 10.1. The number of rotatable bonds is 6. The molecule has 1 aliphatic rings. The summed E-state index contributed by atoms with van der Waals surface area (Å²) in [4.78, 5) is 14.7. The molecule has 0 spiro atoms. The Morgan fingerprint density at radius 2 is 1.82 bits per heavy atom. The van der Waals surface area contributed by atoms with Crippen LogP contribution in [0, 0.1) is 0 Å². The van der Waals surface area contributed by atoms with Gasteiger partial charge in [0.1, 0.15) is 12.0 Å². The number of ether oxygens (including phenoxy) is 2. The van der Waals surface area contributed by atoms with Gasteiger partial charge in [0.05, 0.1) is 12.7 Å². The quantitative estimate of drug-likeness (QED) is 0.429. The van der Waals surface area contributed by atoms with Crippen LogP contribution in [0.2, 0.25) is 0 Å². The third-order valence-electron chi connectivity index (χ3n) is 5.30. The molecular weight excluding hydrogens is 451 g/mol. The van der Waals surface area contributed by atoms with Gasteiger partial charge >= 0.3 is 6.18 Å². The number of halogens is 3. The average Bonchev–Trinajstić information content (AvgIpc) is 3.32. The molecule has 3 aromatic rings. The van der Waals surface area contributed by atoms with Gasteiger partial charge in [0, 0.05) is 17.9 Å². The fraction of sp³-hybridized carbons (Fsp3) is 0.240. The second-order valence-electron chi connectivity index (χ2n) is 7.48. The van der Waals surface area contributed by atoms with Gasteiger partial charge in [0.2, 0.25) is 0 Å². The van der Waals surface area contributed by atoms with Crippen LogP contribution >= 0.6 is 11.8 Å². The van der Waals surface area contributed by atoms with E-state index in [9.17, 15) is 18.0 Å². The molecule has 0 radical (unpaired) electrons. The van der Waals surface area contributed by atoms with Crippen LogP contribution in [0.15, 0.2) is 72.8 Å². The first-order chi connectivity index (χ1) is 15.9. The molecule has 1 aliphatic heterocycles. The van der Waals surface area contributed by atoms with Crippen molar-refractivity contribution in [3.63, 3.8) is 0 Å². The van der Waals surface area contributed by atoms with Gasteiger partial charge in [-0.25, -0.2) is 0 Å². The molecule has 33 heavy (non-hydrogen) atoms. The Morgan fingerprint density at radius 1 is 1.03 bits per heavy atom. The number of alkyl halides is 3. The Bertz CT molecular complexity index is 1120. The fourth-order valence-corrected chi connectivity index (χ4v) is 4.89. The number of benzene rings is 3. The molecule has 0 bridgehead atoms. The molecular formula is C25H22F3NO3S. The molecule has 0 saturated carbocycles. The van der Waals surface area contributed by atoms with Gasteiger partial charge < -0.3 is 14.4 Å². The van der Waals surface area contributed by atoms with Gasteiger partial charge in [0.25, 0.3) is 5.91 Å². The minimum atomic E-state index is -4.50. The zero-order valence-electron chi connectivity index (χ0n) is 17.8. The maximum atomic E-state index is 13.1. The number of methoxy groups -OCH3 is 1. The molecule has 1 amide bonds. The van der Waals surface area contributed by atoms with Gasteiger partial charge in [-0.05, 0) is 41.5 Å². The van der Waals surface area contributed by atoms with Crippen molar-refractivity contribution in [1.29, 1.82) is 0 Å². The molecule has 1 saturated heterocycles. The van der Waals surface area contributed by atoms with Crippen molar-refractivity contribution in [2.45, 2.75) is 18.2 Å². The summed E-state index contributed by atoms with van der Waals surface area (Å²) >= 11 is 1.56. The van der Waals surface area contributed by atoms with Crippen molar-refractivity contribution in [3.05, 3.63) is 95.1 Å².